The zero-order valence-corrected chi connectivity index (χ0v) is 10.2. The molecule has 104 valence electrons. The smallest absolute Gasteiger partial charge is 0.280 e. The third kappa shape index (κ3) is 3.14. The highest BCUT2D eigenvalue weighted by Gasteiger charge is 2.18. The first-order valence-corrected chi connectivity index (χ1v) is 5.59. The normalized spacial score (nSPS) is 10.4. The van der Waals surface area contributed by atoms with Gasteiger partial charge in [-0.1, -0.05) is 5.16 Å². The van der Waals surface area contributed by atoms with Gasteiger partial charge in [-0.15, -0.1) is 0 Å². The summed E-state index contributed by atoms with van der Waals surface area (Å²) in [6, 6.07) is 5.22. The molecule has 0 bridgehead atoms. The summed E-state index contributed by atoms with van der Waals surface area (Å²) in [6.45, 7) is 0.575. The number of hydrogen-bond donors (Lipinski definition) is 1. The first kappa shape index (κ1) is 13.6. The molecule has 1 aromatic heterocycles. The average Bonchev–Trinajstić information content (AvgIpc) is 2.91. The molecule has 0 aliphatic carbocycles. The van der Waals surface area contributed by atoms with E-state index in [0.29, 0.717) is 17.8 Å². The minimum absolute atomic E-state index is 0.196. The van der Waals surface area contributed by atoms with Gasteiger partial charge in [0.2, 0.25) is 0 Å². The van der Waals surface area contributed by atoms with Gasteiger partial charge in [0, 0.05) is 30.8 Å². The van der Waals surface area contributed by atoms with Crippen molar-refractivity contribution in [2.75, 3.05) is 0 Å². The molecule has 1 N–H and O–H groups in total. The Kier molecular flexibility index (Phi) is 4.01. The summed E-state index contributed by atoms with van der Waals surface area (Å²) < 4.78 is 4.65. The van der Waals surface area contributed by atoms with Crippen LogP contribution in [0.25, 0.3) is 0 Å². The van der Waals surface area contributed by atoms with Crippen LogP contribution in [0.3, 0.4) is 0 Å². The fourth-order valence-electron chi connectivity index (χ4n) is 1.64. The van der Waals surface area contributed by atoms with Gasteiger partial charge in [0.05, 0.1) is 21.6 Å². The second-order valence-electron chi connectivity index (χ2n) is 3.92. The number of nitro benzene ring substituents is 2. The summed E-state index contributed by atoms with van der Waals surface area (Å²) in [5.41, 5.74) is 0.433. The molecular formula is C11H10N4O5. The summed E-state index contributed by atoms with van der Waals surface area (Å²) >= 11 is 0. The number of nitrogens with zero attached hydrogens (tertiary/aromatic N) is 3. The van der Waals surface area contributed by atoms with Crippen LogP contribution in [0.5, 0.6) is 0 Å². The molecular weight excluding hydrogens is 268 g/mol. The molecule has 20 heavy (non-hydrogen) atoms. The van der Waals surface area contributed by atoms with E-state index in [2.05, 4.69) is 15.0 Å². The Hall–Kier alpha value is -2.81. The molecule has 1 heterocycles. The van der Waals surface area contributed by atoms with Crippen LogP contribution in [0, 0.1) is 20.2 Å². The van der Waals surface area contributed by atoms with Crippen molar-refractivity contribution in [2.24, 2.45) is 0 Å². The molecule has 0 spiro atoms. The Morgan fingerprint density at radius 2 is 1.95 bits per heavy atom. The fraction of sp³-hybridized carbons (Fsp3) is 0.182. The second kappa shape index (κ2) is 5.89. The molecule has 0 radical (unpaired) electrons. The van der Waals surface area contributed by atoms with E-state index in [1.165, 1.54) is 18.4 Å². The minimum atomic E-state index is -0.667. The largest absolute Gasteiger partial charge is 0.364 e. The quantitative estimate of drug-likeness (QED) is 0.630. The van der Waals surface area contributed by atoms with E-state index in [9.17, 15) is 20.2 Å². The summed E-state index contributed by atoms with van der Waals surface area (Å²) in [5, 5.41) is 28.2. The Morgan fingerprint density at radius 3 is 2.55 bits per heavy atom. The molecule has 2 rings (SSSR count). The monoisotopic (exact) mass is 278 g/mol. The Balaban J connectivity index is 2.10. The molecule has 9 nitrogen and oxygen atoms in total. The first-order valence-electron chi connectivity index (χ1n) is 5.59. The van der Waals surface area contributed by atoms with Crippen LogP contribution >= 0.6 is 0 Å². The van der Waals surface area contributed by atoms with Gasteiger partial charge in [0.25, 0.3) is 11.4 Å². The van der Waals surface area contributed by atoms with Gasteiger partial charge < -0.3 is 9.84 Å². The maximum atomic E-state index is 10.9. The number of nitrogens with one attached hydrogen (secondary N) is 1. The zero-order chi connectivity index (χ0) is 14.5. The predicted octanol–water partition coefficient (Wildman–Crippen LogP) is 1.78. The van der Waals surface area contributed by atoms with Crippen molar-refractivity contribution in [3.8, 4) is 0 Å². The van der Waals surface area contributed by atoms with E-state index in [0.717, 1.165) is 6.07 Å². The lowest BCUT2D eigenvalue weighted by Gasteiger charge is -2.04. The van der Waals surface area contributed by atoms with Crippen LogP contribution in [0.2, 0.25) is 0 Å². The standard InChI is InChI=1S/C11H10N4O5/c16-14(17)10-2-1-8(11(5-10)15(18)19)6-12-7-9-3-4-20-13-9/h1-5,12H,6-7H2. The molecule has 0 aliphatic heterocycles. The van der Waals surface area contributed by atoms with Crippen molar-refractivity contribution in [3.05, 3.63) is 62.0 Å². The van der Waals surface area contributed by atoms with E-state index in [1.807, 2.05) is 0 Å². The summed E-state index contributed by atoms with van der Waals surface area (Å²) in [5.74, 6) is 0. The third-order valence-electron chi connectivity index (χ3n) is 2.59. The summed E-state index contributed by atoms with van der Waals surface area (Å²) in [7, 11) is 0. The first-order chi connectivity index (χ1) is 9.58. The van der Waals surface area contributed by atoms with Crippen molar-refractivity contribution in [2.45, 2.75) is 13.1 Å². The van der Waals surface area contributed by atoms with Gasteiger partial charge >= 0.3 is 0 Å². The van der Waals surface area contributed by atoms with Gasteiger partial charge in [0.1, 0.15) is 6.26 Å². The summed E-state index contributed by atoms with van der Waals surface area (Å²) in [6.07, 6.45) is 1.42. The molecule has 0 unspecified atom stereocenters. The average molecular weight is 278 g/mol. The predicted molar refractivity (Wildman–Crippen MR) is 66.8 cm³/mol. The van der Waals surface area contributed by atoms with E-state index in [4.69, 9.17) is 0 Å². The van der Waals surface area contributed by atoms with Crippen LogP contribution in [-0.2, 0) is 13.1 Å². The fourth-order valence-corrected chi connectivity index (χ4v) is 1.64. The second-order valence-corrected chi connectivity index (χ2v) is 3.92. The van der Waals surface area contributed by atoms with Gasteiger partial charge in [-0.25, -0.2) is 0 Å². The molecule has 0 saturated carbocycles. The number of aromatic nitrogens is 1. The number of nitro groups is 2. The van der Waals surface area contributed by atoms with Crippen LogP contribution in [-0.4, -0.2) is 15.0 Å². The Bertz CT molecular complexity index is 626. The summed E-state index contributed by atoms with van der Waals surface area (Å²) in [4.78, 5) is 20.2. The van der Waals surface area contributed by atoms with Gasteiger partial charge in [-0.05, 0) is 6.07 Å². The number of rotatable bonds is 6. The molecule has 0 aliphatic rings. The number of non-ortho nitro benzene ring substituents is 1. The lowest BCUT2D eigenvalue weighted by molar-refractivity contribution is -0.394. The van der Waals surface area contributed by atoms with E-state index in [-0.39, 0.29) is 17.9 Å². The van der Waals surface area contributed by atoms with Gasteiger partial charge in [0.15, 0.2) is 0 Å². The molecule has 9 heteroatoms. The number of hydrogen-bond acceptors (Lipinski definition) is 7. The Labute approximate surface area is 112 Å². The highest BCUT2D eigenvalue weighted by Crippen LogP contribution is 2.24. The Morgan fingerprint density at radius 1 is 1.15 bits per heavy atom. The van der Waals surface area contributed by atoms with Gasteiger partial charge in [-0.3, -0.25) is 20.2 Å². The van der Waals surface area contributed by atoms with Crippen LogP contribution in [0.4, 0.5) is 11.4 Å². The SMILES string of the molecule is O=[N+]([O-])c1ccc(CNCc2ccon2)c([N+](=O)[O-])c1. The lowest BCUT2D eigenvalue weighted by atomic mass is 10.1. The van der Waals surface area contributed by atoms with Crippen molar-refractivity contribution in [1.29, 1.82) is 0 Å². The third-order valence-corrected chi connectivity index (χ3v) is 2.59. The lowest BCUT2D eigenvalue weighted by Crippen LogP contribution is -2.14. The maximum absolute atomic E-state index is 10.9. The van der Waals surface area contributed by atoms with Crippen molar-refractivity contribution in [3.63, 3.8) is 0 Å². The van der Waals surface area contributed by atoms with E-state index < -0.39 is 9.85 Å². The van der Waals surface area contributed by atoms with E-state index >= 15 is 0 Å². The van der Waals surface area contributed by atoms with Gasteiger partial charge in [-0.2, -0.15) is 0 Å². The minimum Gasteiger partial charge on any atom is -0.364 e. The van der Waals surface area contributed by atoms with Crippen molar-refractivity contribution < 1.29 is 14.4 Å². The van der Waals surface area contributed by atoms with Crippen molar-refractivity contribution in [1.82, 2.24) is 10.5 Å². The van der Waals surface area contributed by atoms with E-state index in [1.54, 1.807) is 6.07 Å². The highest BCUT2D eigenvalue weighted by atomic mass is 16.6. The van der Waals surface area contributed by atoms with Crippen LogP contribution < -0.4 is 5.32 Å². The molecule has 2 aromatic rings. The number of benzene rings is 1. The maximum Gasteiger partial charge on any atom is 0.280 e. The topological polar surface area (TPSA) is 124 Å². The highest BCUT2D eigenvalue weighted by molar-refractivity contribution is 5.49. The molecule has 1 aromatic carbocycles. The van der Waals surface area contributed by atoms with Crippen molar-refractivity contribution >= 4 is 11.4 Å². The zero-order valence-electron chi connectivity index (χ0n) is 10.2. The molecule has 0 atom stereocenters. The molecule has 0 amide bonds. The molecule has 0 fully saturated rings. The van der Waals surface area contributed by atoms with Crippen LogP contribution in [0.15, 0.2) is 35.1 Å². The van der Waals surface area contributed by atoms with Crippen LogP contribution in [0.1, 0.15) is 11.3 Å². The molecule has 0 saturated heterocycles.